The van der Waals surface area contributed by atoms with Gasteiger partial charge in [-0.2, -0.15) is 9.13 Å². The Balaban J connectivity index is 1.75. The summed E-state index contributed by atoms with van der Waals surface area (Å²) in [5.41, 5.74) is 7.15. The van der Waals surface area contributed by atoms with Crippen molar-refractivity contribution in [3.8, 4) is 11.1 Å². The molecule has 36 heavy (non-hydrogen) atoms. The third-order valence-electron chi connectivity index (χ3n) is 7.04. The average Bonchev–Trinajstić information content (AvgIpc) is 2.90. The number of fused-ring (bicyclic) bond motifs is 4. The van der Waals surface area contributed by atoms with Crippen molar-refractivity contribution in [3.63, 3.8) is 0 Å². The minimum Gasteiger partial charge on any atom is -0.481 e. The van der Waals surface area contributed by atoms with E-state index in [4.69, 9.17) is 5.11 Å². The molecule has 0 bridgehead atoms. The summed E-state index contributed by atoms with van der Waals surface area (Å²) in [5, 5.41) is 13.9. The second kappa shape index (κ2) is 8.92. The Hall–Kier alpha value is -3.96. The van der Waals surface area contributed by atoms with Crippen LogP contribution in [0.3, 0.4) is 0 Å². The van der Waals surface area contributed by atoms with Gasteiger partial charge in [0.05, 0.1) is 28.0 Å². The van der Waals surface area contributed by atoms with Crippen molar-refractivity contribution in [2.75, 3.05) is 5.75 Å². The van der Waals surface area contributed by atoms with Crippen LogP contribution in [0.15, 0.2) is 95.9 Å². The van der Waals surface area contributed by atoms with E-state index in [-0.39, 0.29) is 6.42 Å². The van der Waals surface area contributed by atoms with Crippen LogP contribution in [-0.2, 0) is 18.9 Å². The molecule has 0 radical (unpaired) electrons. The summed E-state index contributed by atoms with van der Waals surface area (Å²) in [5.74, 6) is -0.215. The molecule has 6 rings (SSSR count). The Labute approximate surface area is 213 Å². The lowest BCUT2D eigenvalue weighted by Crippen LogP contribution is -2.31. The van der Waals surface area contributed by atoms with E-state index >= 15 is 0 Å². The Morgan fingerprint density at radius 2 is 1.11 bits per heavy atom. The summed E-state index contributed by atoms with van der Waals surface area (Å²) in [6.45, 7) is 0. The van der Waals surface area contributed by atoms with Crippen LogP contribution in [0, 0.1) is 0 Å². The highest BCUT2D eigenvalue weighted by molar-refractivity contribution is 7.99. The number of para-hydroxylation sites is 3. The van der Waals surface area contributed by atoms with Gasteiger partial charge in [0.15, 0.2) is 0 Å². The lowest BCUT2D eigenvalue weighted by Gasteiger charge is -2.15. The van der Waals surface area contributed by atoms with E-state index in [0.717, 1.165) is 15.9 Å². The molecule has 2 heterocycles. The molecular formula is C31H26N2O2S+2. The molecule has 5 heteroatoms. The maximum atomic E-state index is 11.0. The number of aromatic nitrogens is 2. The van der Waals surface area contributed by atoms with E-state index in [1.807, 2.05) is 0 Å². The molecule has 0 saturated heterocycles. The molecule has 2 aromatic heterocycles. The number of rotatable bonds is 5. The van der Waals surface area contributed by atoms with E-state index < -0.39 is 5.97 Å². The van der Waals surface area contributed by atoms with Crippen LogP contribution in [-0.4, -0.2) is 16.8 Å². The third kappa shape index (κ3) is 3.59. The van der Waals surface area contributed by atoms with Gasteiger partial charge in [-0.3, -0.25) is 4.79 Å². The van der Waals surface area contributed by atoms with Gasteiger partial charge < -0.3 is 5.11 Å². The Bertz CT molecular complexity index is 1770. The number of pyridine rings is 2. The van der Waals surface area contributed by atoms with E-state index in [2.05, 4.69) is 114 Å². The minimum absolute atomic E-state index is 0.150. The average molecular weight is 491 g/mol. The highest BCUT2D eigenvalue weighted by atomic mass is 32.2. The second-order valence-corrected chi connectivity index (χ2v) is 10.3. The monoisotopic (exact) mass is 490 g/mol. The summed E-state index contributed by atoms with van der Waals surface area (Å²) in [6.07, 6.45) is 0.150. The smallest absolute Gasteiger partial charge is 0.304 e. The van der Waals surface area contributed by atoms with Crippen LogP contribution in [0.5, 0.6) is 0 Å². The molecule has 0 aliphatic carbocycles. The Kier molecular flexibility index (Phi) is 5.57. The first kappa shape index (κ1) is 22.5. The third-order valence-corrected chi connectivity index (χ3v) is 8.03. The lowest BCUT2D eigenvalue weighted by molar-refractivity contribution is -0.617. The number of aliphatic carboxylic acids is 1. The molecule has 0 aliphatic rings. The predicted molar refractivity (Wildman–Crippen MR) is 147 cm³/mol. The van der Waals surface area contributed by atoms with Gasteiger partial charge >= 0.3 is 5.97 Å². The highest BCUT2D eigenvalue weighted by Gasteiger charge is 2.25. The number of carbonyl (C=O) groups is 1. The molecule has 0 aliphatic heterocycles. The number of carboxylic acids is 1. The van der Waals surface area contributed by atoms with Crippen molar-refractivity contribution < 1.29 is 19.0 Å². The Morgan fingerprint density at radius 3 is 1.61 bits per heavy atom. The van der Waals surface area contributed by atoms with Crippen LogP contribution in [0.25, 0.3) is 54.7 Å². The van der Waals surface area contributed by atoms with Crippen LogP contribution < -0.4 is 9.13 Å². The fraction of sp³-hybridized carbons (Fsp3) is 0.129. The fourth-order valence-corrected chi connectivity index (χ4v) is 6.24. The number of carboxylic acid groups (broad SMARTS) is 1. The molecule has 176 valence electrons. The first-order valence-electron chi connectivity index (χ1n) is 12.0. The summed E-state index contributed by atoms with van der Waals surface area (Å²) >= 11 is 1.59. The molecule has 0 spiro atoms. The maximum Gasteiger partial charge on any atom is 0.304 e. The minimum atomic E-state index is -0.766. The van der Waals surface area contributed by atoms with Crippen molar-refractivity contribution in [3.05, 3.63) is 91.0 Å². The lowest BCUT2D eigenvalue weighted by atomic mass is 9.90. The van der Waals surface area contributed by atoms with E-state index in [9.17, 15) is 4.79 Å². The standard InChI is InChI=1S/C31H25N2O2S/c1-32-25-12-6-3-9-21(25)30(22-10-4-7-13-26(22)32)31-23-11-5-8-14-27(23)33(2)28-19-20(15-16-24(28)31)36-18-17-29(34)35/h3-16,19H,17-18H2,1-2H3/q+1/p+1. The SMILES string of the molecule is C[n+]1c2ccccc2c(-c2c3ccccc3[n+](C)c3cc(SCCC(=O)O)ccc23)c2ccccc21. The van der Waals surface area contributed by atoms with Crippen LogP contribution >= 0.6 is 11.8 Å². The summed E-state index contributed by atoms with van der Waals surface area (Å²) < 4.78 is 4.53. The van der Waals surface area contributed by atoms with Crippen molar-refractivity contribution in [1.82, 2.24) is 0 Å². The highest BCUT2D eigenvalue weighted by Crippen LogP contribution is 2.41. The van der Waals surface area contributed by atoms with Crippen molar-refractivity contribution >= 4 is 61.3 Å². The van der Waals surface area contributed by atoms with Gasteiger partial charge in [-0.1, -0.05) is 36.4 Å². The maximum absolute atomic E-state index is 11.0. The van der Waals surface area contributed by atoms with Gasteiger partial charge in [-0.25, -0.2) is 0 Å². The summed E-state index contributed by atoms with van der Waals surface area (Å²) in [7, 11) is 4.25. The molecule has 1 N–H and O–H groups in total. The number of aryl methyl sites for hydroxylation is 2. The number of hydrogen-bond acceptors (Lipinski definition) is 2. The van der Waals surface area contributed by atoms with Crippen LogP contribution in [0.4, 0.5) is 0 Å². The van der Waals surface area contributed by atoms with Gasteiger partial charge in [0.1, 0.15) is 14.1 Å². The van der Waals surface area contributed by atoms with Gasteiger partial charge in [0.2, 0.25) is 22.1 Å². The van der Waals surface area contributed by atoms with Crippen molar-refractivity contribution in [1.29, 1.82) is 0 Å². The van der Waals surface area contributed by atoms with E-state index in [1.165, 1.54) is 43.7 Å². The van der Waals surface area contributed by atoms with Gasteiger partial charge in [-0.05, 0) is 30.3 Å². The van der Waals surface area contributed by atoms with Gasteiger partial charge in [-0.15, -0.1) is 11.8 Å². The van der Waals surface area contributed by atoms with E-state index in [1.54, 1.807) is 11.8 Å². The zero-order chi connectivity index (χ0) is 24.8. The number of thioether (sulfide) groups is 1. The molecule has 0 amide bonds. The second-order valence-electron chi connectivity index (χ2n) is 9.09. The number of hydrogen-bond donors (Lipinski definition) is 1. The molecule has 0 unspecified atom stereocenters. The molecule has 0 fully saturated rings. The van der Waals surface area contributed by atoms with Crippen LogP contribution in [0.2, 0.25) is 0 Å². The van der Waals surface area contributed by atoms with Crippen LogP contribution in [0.1, 0.15) is 6.42 Å². The Morgan fingerprint density at radius 1 is 0.667 bits per heavy atom. The predicted octanol–water partition coefficient (Wildman–Crippen LogP) is 6.18. The molecule has 6 aromatic rings. The van der Waals surface area contributed by atoms with E-state index in [0.29, 0.717) is 5.75 Å². The zero-order valence-electron chi connectivity index (χ0n) is 20.2. The molecule has 0 atom stereocenters. The number of nitrogens with zero attached hydrogens (tertiary/aromatic N) is 2. The summed E-state index contributed by atoms with van der Waals surface area (Å²) in [6, 6.07) is 32.4. The molecular weight excluding hydrogens is 464 g/mol. The fourth-order valence-electron chi connectivity index (χ4n) is 5.37. The first-order chi connectivity index (χ1) is 17.5. The quantitative estimate of drug-likeness (QED) is 0.178. The topological polar surface area (TPSA) is 45.1 Å². The normalized spacial score (nSPS) is 11.6. The molecule has 4 aromatic carbocycles. The van der Waals surface area contributed by atoms with Crippen molar-refractivity contribution in [2.24, 2.45) is 14.1 Å². The zero-order valence-corrected chi connectivity index (χ0v) is 21.0. The number of benzene rings is 4. The van der Waals surface area contributed by atoms with Gasteiger partial charge in [0, 0.05) is 46.0 Å². The van der Waals surface area contributed by atoms with Crippen molar-refractivity contribution in [2.45, 2.75) is 11.3 Å². The molecule has 4 nitrogen and oxygen atoms in total. The summed E-state index contributed by atoms with van der Waals surface area (Å²) in [4.78, 5) is 12.1. The molecule has 0 saturated carbocycles. The van der Waals surface area contributed by atoms with Gasteiger partial charge in [0.25, 0.3) is 0 Å². The largest absolute Gasteiger partial charge is 0.481 e. The first-order valence-corrected chi connectivity index (χ1v) is 13.0.